The maximum absolute atomic E-state index is 12.9. The van der Waals surface area contributed by atoms with Crippen LogP contribution in [0.5, 0.6) is 0 Å². The maximum Gasteiger partial charge on any atom is 0.149 e. The number of rotatable bonds is 1. The van der Waals surface area contributed by atoms with E-state index in [-0.39, 0.29) is 5.56 Å². The third kappa shape index (κ3) is 1.95. The Morgan fingerprint density at radius 1 is 1.23 bits per heavy atom. The fourth-order valence-electron chi connectivity index (χ4n) is 0.938. The highest BCUT2D eigenvalue weighted by molar-refractivity contribution is 5.44. The minimum Gasteiger partial charge on any atom is -0.394 e. The van der Waals surface area contributed by atoms with Gasteiger partial charge in [-0.2, -0.15) is 0 Å². The lowest BCUT2D eigenvalue weighted by atomic mass is 9.98. The number of nitrogens with two attached hydrogens (primary N) is 1. The third-order valence-electron chi connectivity index (χ3n) is 1.79. The van der Waals surface area contributed by atoms with Crippen LogP contribution in [-0.4, -0.2) is 5.11 Å². The molecule has 1 aromatic carbocycles. The minimum absolute atomic E-state index is 0.164. The van der Waals surface area contributed by atoms with Crippen LogP contribution in [0.15, 0.2) is 12.1 Å². The number of benzene rings is 1. The first-order valence-electron chi connectivity index (χ1n) is 3.79. The molecule has 0 saturated carbocycles. The highest BCUT2D eigenvalue weighted by Crippen LogP contribution is 2.25. The van der Waals surface area contributed by atoms with Gasteiger partial charge in [-0.25, -0.2) is 8.78 Å². The maximum atomic E-state index is 12.9. The molecule has 0 radical (unpaired) electrons. The average Bonchev–Trinajstić information content (AvgIpc) is 1.97. The van der Waals surface area contributed by atoms with E-state index in [0.717, 1.165) is 12.1 Å². The molecule has 3 N–H and O–H groups in total. The zero-order valence-electron chi connectivity index (χ0n) is 7.44. The smallest absolute Gasteiger partial charge is 0.149 e. The van der Waals surface area contributed by atoms with Crippen molar-refractivity contribution in [1.29, 1.82) is 0 Å². The van der Waals surface area contributed by atoms with Crippen molar-refractivity contribution in [1.82, 2.24) is 0 Å². The van der Waals surface area contributed by atoms with Gasteiger partial charge in [0.25, 0.3) is 0 Å². The van der Waals surface area contributed by atoms with Gasteiger partial charge in [-0.3, -0.25) is 0 Å². The van der Waals surface area contributed by atoms with Gasteiger partial charge in [0.2, 0.25) is 0 Å². The van der Waals surface area contributed by atoms with Crippen molar-refractivity contribution in [3.8, 4) is 0 Å². The van der Waals surface area contributed by atoms with E-state index in [1.807, 2.05) is 0 Å². The summed E-state index contributed by atoms with van der Waals surface area (Å²) < 4.78 is 25.8. The summed E-state index contributed by atoms with van der Waals surface area (Å²) in [5.41, 5.74) is 3.44. The zero-order chi connectivity index (χ0) is 10.2. The fourth-order valence-corrected chi connectivity index (χ4v) is 0.938. The number of halogens is 2. The average molecular weight is 187 g/mol. The molecule has 0 saturated heterocycles. The van der Waals surface area contributed by atoms with Gasteiger partial charge in [0.05, 0.1) is 5.60 Å². The molecule has 72 valence electrons. The standard InChI is InChI=1S/C9H11F2NO/c1-9(2,13)5-3-6(10)8(12)7(11)4-5/h3-4,13H,12H2,1-2H3. The highest BCUT2D eigenvalue weighted by atomic mass is 19.1. The summed E-state index contributed by atoms with van der Waals surface area (Å²) in [6.07, 6.45) is 0. The lowest BCUT2D eigenvalue weighted by Crippen LogP contribution is -2.16. The largest absolute Gasteiger partial charge is 0.394 e. The van der Waals surface area contributed by atoms with Crippen molar-refractivity contribution in [2.75, 3.05) is 5.73 Å². The molecule has 0 amide bonds. The summed E-state index contributed by atoms with van der Waals surface area (Å²) in [5, 5.41) is 9.45. The molecule has 2 nitrogen and oxygen atoms in total. The summed E-state index contributed by atoms with van der Waals surface area (Å²) in [6.45, 7) is 2.88. The second-order valence-corrected chi connectivity index (χ2v) is 3.41. The lowest BCUT2D eigenvalue weighted by Gasteiger charge is -2.18. The summed E-state index contributed by atoms with van der Waals surface area (Å²) >= 11 is 0. The van der Waals surface area contributed by atoms with Gasteiger partial charge >= 0.3 is 0 Å². The van der Waals surface area contributed by atoms with Crippen LogP contribution in [0.2, 0.25) is 0 Å². The Balaban J connectivity index is 3.29. The van der Waals surface area contributed by atoms with Crippen LogP contribution in [-0.2, 0) is 5.60 Å². The van der Waals surface area contributed by atoms with Crippen molar-refractivity contribution in [3.63, 3.8) is 0 Å². The quantitative estimate of drug-likeness (QED) is 0.658. The van der Waals surface area contributed by atoms with Gasteiger partial charge in [-0.15, -0.1) is 0 Å². The fraction of sp³-hybridized carbons (Fsp3) is 0.333. The molecule has 0 aliphatic heterocycles. The molecule has 0 spiro atoms. The van der Waals surface area contributed by atoms with E-state index in [2.05, 4.69) is 0 Å². The second-order valence-electron chi connectivity index (χ2n) is 3.41. The van der Waals surface area contributed by atoms with E-state index in [1.54, 1.807) is 0 Å². The zero-order valence-corrected chi connectivity index (χ0v) is 7.44. The predicted octanol–water partition coefficient (Wildman–Crippen LogP) is 1.77. The van der Waals surface area contributed by atoms with Crippen molar-refractivity contribution < 1.29 is 13.9 Å². The Morgan fingerprint density at radius 2 is 1.62 bits per heavy atom. The number of aliphatic hydroxyl groups is 1. The van der Waals surface area contributed by atoms with Crippen LogP contribution in [0.25, 0.3) is 0 Å². The first-order chi connectivity index (χ1) is 5.82. The molecule has 0 aliphatic carbocycles. The molecule has 0 atom stereocenters. The second kappa shape index (κ2) is 2.96. The molecular formula is C9H11F2NO. The third-order valence-corrected chi connectivity index (χ3v) is 1.79. The van der Waals surface area contributed by atoms with Crippen molar-refractivity contribution in [2.24, 2.45) is 0 Å². The lowest BCUT2D eigenvalue weighted by molar-refractivity contribution is 0.0779. The molecule has 0 heterocycles. The van der Waals surface area contributed by atoms with Gasteiger partial charge in [0.1, 0.15) is 17.3 Å². The molecule has 0 fully saturated rings. The first kappa shape index (κ1) is 9.92. The minimum atomic E-state index is -1.27. The van der Waals surface area contributed by atoms with E-state index < -0.39 is 22.9 Å². The monoisotopic (exact) mass is 187 g/mol. The summed E-state index contributed by atoms with van der Waals surface area (Å²) in [5.74, 6) is -1.70. The summed E-state index contributed by atoms with van der Waals surface area (Å²) in [6, 6.07) is 2.05. The van der Waals surface area contributed by atoms with E-state index >= 15 is 0 Å². The number of nitrogen functional groups attached to an aromatic ring is 1. The Hall–Kier alpha value is -1.16. The van der Waals surface area contributed by atoms with Crippen LogP contribution in [0, 0.1) is 11.6 Å². The Kier molecular flexibility index (Phi) is 2.26. The molecule has 0 unspecified atom stereocenters. The number of hydrogen-bond donors (Lipinski definition) is 2. The summed E-state index contributed by atoms with van der Waals surface area (Å²) in [4.78, 5) is 0. The highest BCUT2D eigenvalue weighted by Gasteiger charge is 2.19. The van der Waals surface area contributed by atoms with E-state index in [1.165, 1.54) is 13.8 Å². The van der Waals surface area contributed by atoms with Crippen LogP contribution in [0.3, 0.4) is 0 Å². The molecule has 0 bridgehead atoms. The van der Waals surface area contributed by atoms with Gasteiger partial charge in [-0.05, 0) is 31.5 Å². The van der Waals surface area contributed by atoms with Crippen molar-refractivity contribution in [3.05, 3.63) is 29.3 Å². The van der Waals surface area contributed by atoms with E-state index in [4.69, 9.17) is 5.73 Å². The molecule has 13 heavy (non-hydrogen) atoms. The van der Waals surface area contributed by atoms with E-state index in [9.17, 15) is 13.9 Å². The molecule has 1 aromatic rings. The number of hydrogen-bond acceptors (Lipinski definition) is 2. The molecule has 0 aromatic heterocycles. The van der Waals surface area contributed by atoms with Gasteiger partial charge in [0, 0.05) is 0 Å². The van der Waals surface area contributed by atoms with Gasteiger partial charge in [-0.1, -0.05) is 0 Å². The van der Waals surface area contributed by atoms with E-state index in [0.29, 0.717) is 0 Å². The van der Waals surface area contributed by atoms with Crippen LogP contribution in [0.4, 0.5) is 14.5 Å². The summed E-state index contributed by atoms with van der Waals surface area (Å²) in [7, 11) is 0. The molecule has 1 rings (SSSR count). The Labute approximate surface area is 75.0 Å². The molecule has 4 heteroatoms. The van der Waals surface area contributed by atoms with Crippen LogP contribution >= 0.6 is 0 Å². The SMILES string of the molecule is CC(C)(O)c1cc(F)c(N)c(F)c1. The topological polar surface area (TPSA) is 46.2 Å². The normalized spacial score (nSPS) is 11.8. The molecular weight excluding hydrogens is 176 g/mol. The Morgan fingerprint density at radius 3 is 1.92 bits per heavy atom. The van der Waals surface area contributed by atoms with Crippen molar-refractivity contribution >= 4 is 5.69 Å². The Bertz CT molecular complexity index is 308. The first-order valence-corrected chi connectivity index (χ1v) is 3.79. The van der Waals surface area contributed by atoms with Crippen LogP contribution < -0.4 is 5.73 Å². The van der Waals surface area contributed by atoms with Gasteiger partial charge in [0.15, 0.2) is 0 Å². The van der Waals surface area contributed by atoms with Crippen molar-refractivity contribution in [2.45, 2.75) is 19.4 Å². The van der Waals surface area contributed by atoms with Gasteiger partial charge < -0.3 is 10.8 Å². The van der Waals surface area contributed by atoms with Crippen LogP contribution in [0.1, 0.15) is 19.4 Å². The number of anilines is 1. The molecule has 0 aliphatic rings. The predicted molar refractivity (Wildman–Crippen MR) is 46.0 cm³/mol.